The van der Waals surface area contributed by atoms with Crippen molar-refractivity contribution in [3.8, 4) is 0 Å². The summed E-state index contributed by atoms with van der Waals surface area (Å²) in [6.45, 7) is 2.26. The Kier molecular flexibility index (Phi) is 5.96. The van der Waals surface area contributed by atoms with Gasteiger partial charge in [0.1, 0.15) is 0 Å². The summed E-state index contributed by atoms with van der Waals surface area (Å²) in [4.78, 5) is 13.2. The number of sulfonamides is 1. The fraction of sp³-hybridized carbons (Fsp3) is 0.588. The molecule has 2 fully saturated rings. The molecule has 1 N–H and O–H groups in total. The van der Waals surface area contributed by atoms with Crippen LogP contribution in [-0.4, -0.2) is 61.8 Å². The highest BCUT2D eigenvalue weighted by molar-refractivity contribution is 7.89. The number of hydrogen-bond acceptors (Lipinski definition) is 4. The maximum absolute atomic E-state index is 13.3. The van der Waals surface area contributed by atoms with E-state index in [0.29, 0.717) is 6.07 Å². The number of rotatable bonds is 5. The van der Waals surface area contributed by atoms with E-state index in [1.54, 1.807) is 6.92 Å². The molecule has 0 aromatic heterocycles. The molecule has 1 aromatic carbocycles. The van der Waals surface area contributed by atoms with Gasteiger partial charge in [-0.3, -0.25) is 9.69 Å². The molecule has 28 heavy (non-hydrogen) atoms. The van der Waals surface area contributed by atoms with Crippen LogP contribution in [0.4, 0.5) is 13.2 Å². The Morgan fingerprint density at radius 2 is 1.82 bits per heavy atom. The molecule has 0 radical (unpaired) electrons. The van der Waals surface area contributed by atoms with E-state index < -0.39 is 32.7 Å². The molecular weight excluding hydrogens is 419 g/mol. The first-order valence-electron chi connectivity index (χ1n) is 8.91. The van der Waals surface area contributed by atoms with Gasteiger partial charge in [0.2, 0.25) is 15.9 Å². The minimum atomic E-state index is -4.84. The van der Waals surface area contributed by atoms with Crippen LogP contribution in [0.1, 0.15) is 25.3 Å². The van der Waals surface area contributed by atoms with Crippen molar-refractivity contribution >= 4 is 27.5 Å². The Bertz CT molecular complexity index is 851. The number of piperazine rings is 1. The Morgan fingerprint density at radius 1 is 1.21 bits per heavy atom. The molecule has 6 nitrogen and oxygen atoms in total. The van der Waals surface area contributed by atoms with Gasteiger partial charge in [0.15, 0.2) is 0 Å². The van der Waals surface area contributed by atoms with Crippen molar-refractivity contribution in [2.75, 3.05) is 26.2 Å². The number of benzene rings is 1. The van der Waals surface area contributed by atoms with E-state index in [-0.39, 0.29) is 43.2 Å². The van der Waals surface area contributed by atoms with Gasteiger partial charge >= 0.3 is 6.18 Å². The van der Waals surface area contributed by atoms with Crippen LogP contribution in [0.2, 0.25) is 5.02 Å². The molecule has 2 aliphatic rings. The van der Waals surface area contributed by atoms with E-state index >= 15 is 0 Å². The highest BCUT2D eigenvalue weighted by Gasteiger charge is 2.40. The quantitative estimate of drug-likeness (QED) is 0.764. The van der Waals surface area contributed by atoms with Crippen molar-refractivity contribution in [2.24, 2.45) is 0 Å². The van der Waals surface area contributed by atoms with Crippen LogP contribution >= 0.6 is 11.6 Å². The molecule has 1 amide bonds. The van der Waals surface area contributed by atoms with E-state index in [9.17, 15) is 26.4 Å². The number of amides is 1. The summed E-state index contributed by atoms with van der Waals surface area (Å²) in [5, 5.41) is 2.71. The van der Waals surface area contributed by atoms with Crippen LogP contribution in [-0.2, 0) is 21.0 Å². The topological polar surface area (TPSA) is 69.7 Å². The van der Waals surface area contributed by atoms with Gasteiger partial charge in [0.25, 0.3) is 0 Å². The lowest BCUT2D eigenvalue weighted by atomic mass is 10.2. The van der Waals surface area contributed by atoms with E-state index in [1.807, 2.05) is 4.90 Å². The Morgan fingerprint density at radius 3 is 2.36 bits per heavy atom. The second-order valence-corrected chi connectivity index (χ2v) is 9.38. The highest BCUT2D eigenvalue weighted by Crippen LogP contribution is 2.37. The van der Waals surface area contributed by atoms with E-state index in [4.69, 9.17) is 11.6 Å². The van der Waals surface area contributed by atoms with Crippen LogP contribution in [0, 0.1) is 0 Å². The summed E-state index contributed by atoms with van der Waals surface area (Å²) < 4.78 is 66.5. The number of carbonyl (C=O) groups is 1. The minimum absolute atomic E-state index is 0.00328. The van der Waals surface area contributed by atoms with Gasteiger partial charge in [0.05, 0.1) is 16.5 Å². The monoisotopic (exact) mass is 439 g/mol. The normalized spacial score (nSPS) is 20.8. The summed E-state index contributed by atoms with van der Waals surface area (Å²) in [6, 6.07) is 2.44. The predicted molar refractivity (Wildman–Crippen MR) is 97.4 cm³/mol. The Labute approximate surface area is 166 Å². The molecule has 1 unspecified atom stereocenters. The SMILES string of the molecule is CC(C(=O)NC1CC1)N1CCN(S(=O)(=O)c2ccc(Cl)cc2C(F)(F)F)CC1. The summed E-state index contributed by atoms with van der Waals surface area (Å²) in [5.74, 6) is -0.115. The molecule has 1 saturated heterocycles. The van der Waals surface area contributed by atoms with Crippen LogP contribution in [0.25, 0.3) is 0 Å². The lowest BCUT2D eigenvalue weighted by Crippen LogP contribution is -2.55. The second-order valence-electron chi connectivity index (χ2n) is 7.04. The van der Waals surface area contributed by atoms with Gasteiger partial charge in [-0.1, -0.05) is 11.6 Å². The minimum Gasteiger partial charge on any atom is -0.352 e. The second kappa shape index (κ2) is 7.81. The molecule has 0 bridgehead atoms. The summed E-state index contributed by atoms with van der Waals surface area (Å²) >= 11 is 5.63. The summed E-state index contributed by atoms with van der Waals surface area (Å²) in [7, 11) is -4.34. The van der Waals surface area contributed by atoms with Crippen molar-refractivity contribution in [3.63, 3.8) is 0 Å². The number of hydrogen-bond donors (Lipinski definition) is 1. The number of nitrogens with zero attached hydrogens (tertiary/aromatic N) is 2. The molecule has 1 heterocycles. The molecular formula is C17H21ClF3N3O3S. The first kappa shape index (κ1) is 21.4. The lowest BCUT2D eigenvalue weighted by Gasteiger charge is -2.37. The summed E-state index contributed by atoms with van der Waals surface area (Å²) in [6.07, 6.45) is -2.91. The average molecular weight is 440 g/mol. The standard InChI is InChI=1S/C17H21ClF3N3O3S/c1-11(16(25)22-13-3-4-13)23-6-8-24(9-7-23)28(26,27)15-5-2-12(18)10-14(15)17(19,20)21/h2,5,10-11,13H,3-4,6-9H2,1H3,(H,22,25). The van der Waals surface area contributed by atoms with Gasteiger partial charge < -0.3 is 5.32 Å². The number of carbonyl (C=O) groups excluding carboxylic acids is 1. The zero-order valence-corrected chi connectivity index (χ0v) is 16.7. The zero-order chi connectivity index (χ0) is 20.7. The van der Waals surface area contributed by atoms with Crippen LogP contribution in [0.3, 0.4) is 0 Å². The van der Waals surface area contributed by atoms with Gasteiger partial charge in [-0.2, -0.15) is 17.5 Å². The highest BCUT2D eigenvalue weighted by atomic mass is 35.5. The van der Waals surface area contributed by atoms with Crippen LogP contribution in [0.15, 0.2) is 23.1 Å². The van der Waals surface area contributed by atoms with Crippen LogP contribution < -0.4 is 5.32 Å². The fourth-order valence-electron chi connectivity index (χ4n) is 3.13. The molecule has 3 rings (SSSR count). The fourth-order valence-corrected chi connectivity index (χ4v) is 4.92. The van der Waals surface area contributed by atoms with Gasteiger partial charge in [-0.15, -0.1) is 0 Å². The Balaban J connectivity index is 1.72. The number of alkyl halides is 3. The van der Waals surface area contributed by atoms with E-state index in [1.165, 1.54) is 0 Å². The molecule has 1 aromatic rings. The first-order chi connectivity index (χ1) is 13.0. The smallest absolute Gasteiger partial charge is 0.352 e. The largest absolute Gasteiger partial charge is 0.417 e. The predicted octanol–water partition coefficient (Wildman–Crippen LogP) is 2.33. The van der Waals surface area contributed by atoms with Crippen molar-refractivity contribution in [2.45, 2.75) is 42.9 Å². The molecule has 1 aliphatic heterocycles. The van der Waals surface area contributed by atoms with Gasteiger partial charge in [-0.25, -0.2) is 8.42 Å². The number of halogens is 4. The molecule has 1 atom stereocenters. The molecule has 156 valence electrons. The van der Waals surface area contributed by atoms with Crippen LogP contribution in [0.5, 0.6) is 0 Å². The van der Waals surface area contributed by atoms with Crippen molar-refractivity contribution in [3.05, 3.63) is 28.8 Å². The zero-order valence-electron chi connectivity index (χ0n) is 15.2. The maximum Gasteiger partial charge on any atom is 0.417 e. The molecule has 11 heteroatoms. The third kappa shape index (κ3) is 4.61. The first-order valence-corrected chi connectivity index (χ1v) is 10.7. The summed E-state index contributed by atoms with van der Waals surface area (Å²) in [5.41, 5.74) is -1.28. The molecule has 1 aliphatic carbocycles. The number of nitrogens with one attached hydrogen (secondary N) is 1. The van der Waals surface area contributed by atoms with Gasteiger partial charge in [0, 0.05) is 37.2 Å². The third-order valence-electron chi connectivity index (χ3n) is 4.99. The Hall–Kier alpha value is -1.36. The van der Waals surface area contributed by atoms with Crippen molar-refractivity contribution < 1.29 is 26.4 Å². The van der Waals surface area contributed by atoms with Crippen molar-refractivity contribution in [1.82, 2.24) is 14.5 Å². The lowest BCUT2D eigenvalue weighted by molar-refractivity contribution is -0.140. The van der Waals surface area contributed by atoms with Gasteiger partial charge in [-0.05, 0) is 38.0 Å². The molecule has 1 saturated carbocycles. The van der Waals surface area contributed by atoms with Crippen molar-refractivity contribution in [1.29, 1.82) is 0 Å². The van der Waals surface area contributed by atoms with E-state index in [0.717, 1.165) is 29.3 Å². The average Bonchev–Trinajstić information content (AvgIpc) is 3.44. The third-order valence-corrected chi connectivity index (χ3v) is 7.18. The molecule has 0 spiro atoms. The maximum atomic E-state index is 13.3. The van der Waals surface area contributed by atoms with E-state index in [2.05, 4.69) is 5.32 Å².